The van der Waals surface area contributed by atoms with Gasteiger partial charge in [0.15, 0.2) is 0 Å². The van der Waals surface area contributed by atoms with Crippen molar-refractivity contribution in [3.05, 3.63) is 58.9 Å². The average molecular weight is 218 g/mol. The van der Waals surface area contributed by atoms with E-state index >= 15 is 0 Å². The van der Waals surface area contributed by atoms with Crippen molar-refractivity contribution in [1.29, 1.82) is 0 Å². The minimum Gasteiger partial charge on any atom is -0.207 e. The van der Waals surface area contributed by atoms with Gasteiger partial charge in [0.05, 0.1) is 0 Å². The molecule has 0 bridgehead atoms. The Labute approximate surface area is 94.0 Å². The van der Waals surface area contributed by atoms with Crippen LogP contribution in [0.3, 0.4) is 0 Å². The molecule has 80 valence electrons. The number of rotatable bonds is 1. The highest BCUT2D eigenvalue weighted by Crippen LogP contribution is 2.49. The van der Waals surface area contributed by atoms with Crippen molar-refractivity contribution in [3.8, 4) is 0 Å². The van der Waals surface area contributed by atoms with E-state index in [1.54, 1.807) is 0 Å². The molecule has 1 heteroatoms. The van der Waals surface area contributed by atoms with Crippen molar-refractivity contribution >= 4 is 10.0 Å². The Morgan fingerprint density at radius 2 is 1.47 bits per heavy atom. The van der Waals surface area contributed by atoms with Gasteiger partial charge in [-0.1, -0.05) is 42.5 Å². The number of allylic oxidation sites excluding steroid dienone is 2. The van der Waals surface area contributed by atoms with E-state index in [4.69, 9.17) is 0 Å². The molecule has 0 unspecified atom stereocenters. The molecule has 0 saturated heterocycles. The third kappa shape index (κ3) is 2.18. The fourth-order valence-corrected chi connectivity index (χ4v) is 3.08. The van der Waals surface area contributed by atoms with E-state index in [1.165, 1.54) is 5.56 Å². The normalized spacial score (nSPS) is 23.7. The molecule has 0 radical (unpaired) electrons. The highest BCUT2D eigenvalue weighted by molar-refractivity contribution is 8.37. The maximum atomic E-state index is 2.38. The summed E-state index contributed by atoms with van der Waals surface area (Å²) in [6, 6.07) is 10.7. The summed E-state index contributed by atoms with van der Waals surface area (Å²) in [6.45, 7) is 2.27. The van der Waals surface area contributed by atoms with Crippen LogP contribution in [0.5, 0.6) is 0 Å². The molecule has 0 nitrogen and oxygen atoms in total. The van der Waals surface area contributed by atoms with Crippen molar-refractivity contribution in [1.82, 2.24) is 0 Å². The van der Waals surface area contributed by atoms with Gasteiger partial charge in [-0.05, 0) is 35.8 Å². The van der Waals surface area contributed by atoms with Crippen molar-refractivity contribution in [2.24, 2.45) is 0 Å². The lowest BCUT2D eigenvalue weighted by Crippen LogP contribution is -2.18. The molecule has 0 fully saturated rings. The lowest BCUT2D eigenvalue weighted by atomic mass is 9.83. The van der Waals surface area contributed by atoms with Crippen molar-refractivity contribution in [2.75, 3.05) is 12.5 Å². The van der Waals surface area contributed by atoms with Crippen molar-refractivity contribution < 1.29 is 0 Å². The van der Waals surface area contributed by atoms with Gasteiger partial charge in [0, 0.05) is 5.41 Å². The Morgan fingerprint density at radius 1 is 0.933 bits per heavy atom. The van der Waals surface area contributed by atoms with Crippen LogP contribution in [0.15, 0.2) is 53.3 Å². The first-order valence-corrected chi connectivity index (χ1v) is 7.77. The Morgan fingerprint density at radius 3 is 2.00 bits per heavy atom. The van der Waals surface area contributed by atoms with Gasteiger partial charge in [-0.25, -0.2) is 10.0 Å². The highest BCUT2D eigenvalue weighted by atomic mass is 32.3. The van der Waals surface area contributed by atoms with Crippen LogP contribution in [0.4, 0.5) is 0 Å². The fourth-order valence-electron chi connectivity index (χ4n) is 1.72. The third-order valence-corrected chi connectivity index (χ3v) is 4.60. The van der Waals surface area contributed by atoms with Gasteiger partial charge >= 0.3 is 0 Å². The van der Waals surface area contributed by atoms with Crippen molar-refractivity contribution in [2.45, 2.75) is 12.3 Å². The van der Waals surface area contributed by atoms with E-state index in [0.29, 0.717) is 0 Å². The molecular weight excluding hydrogens is 200 g/mol. The SMILES string of the molecule is CC1(c2ccccc2)C=CS(C)(C)C=C1. The maximum absolute atomic E-state index is 2.38. The molecule has 1 aliphatic heterocycles. The summed E-state index contributed by atoms with van der Waals surface area (Å²) < 4.78 is 0. The second kappa shape index (κ2) is 3.57. The maximum Gasteiger partial charge on any atom is 0.0298 e. The predicted octanol–water partition coefficient (Wildman–Crippen LogP) is 4.05. The van der Waals surface area contributed by atoms with E-state index in [0.717, 1.165) is 0 Å². The largest absolute Gasteiger partial charge is 0.207 e. The second-order valence-corrected chi connectivity index (χ2v) is 8.26. The van der Waals surface area contributed by atoms with Gasteiger partial charge < -0.3 is 0 Å². The van der Waals surface area contributed by atoms with E-state index in [1.807, 2.05) is 0 Å². The first-order valence-electron chi connectivity index (χ1n) is 5.19. The van der Waals surface area contributed by atoms with Crippen LogP contribution in [0.1, 0.15) is 12.5 Å². The molecule has 1 aromatic carbocycles. The van der Waals surface area contributed by atoms with Gasteiger partial charge in [-0.3, -0.25) is 0 Å². The zero-order chi connectivity index (χ0) is 10.9. The molecule has 1 heterocycles. The second-order valence-electron chi connectivity index (χ2n) is 4.74. The summed E-state index contributed by atoms with van der Waals surface area (Å²) in [5.74, 6) is 0. The third-order valence-electron chi connectivity index (χ3n) is 2.93. The minimum absolute atomic E-state index is 0.0871. The highest BCUT2D eigenvalue weighted by Gasteiger charge is 2.24. The molecule has 0 spiro atoms. The van der Waals surface area contributed by atoms with Crippen LogP contribution in [0, 0.1) is 0 Å². The Kier molecular flexibility index (Phi) is 2.51. The summed E-state index contributed by atoms with van der Waals surface area (Å²) in [5.41, 5.74) is 1.46. The fraction of sp³-hybridized carbons (Fsp3) is 0.286. The van der Waals surface area contributed by atoms with Crippen LogP contribution in [-0.2, 0) is 5.41 Å². The molecule has 2 rings (SSSR count). The Hall–Kier alpha value is -0.950. The van der Waals surface area contributed by atoms with E-state index in [9.17, 15) is 0 Å². The monoisotopic (exact) mass is 218 g/mol. The van der Waals surface area contributed by atoms with Crippen LogP contribution < -0.4 is 0 Å². The standard InChI is InChI=1S/C14H18S/c1-14(13-7-5-4-6-8-13)9-11-15(2,3)12-10-14/h4-12H,1-3H3. The zero-order valence-corrected chi connectivity index (χ0v) is 10.4. The van der Waals surface area contributed by atoms with Crippen LogP contribution in [0.2, 0.25) is 0 Å². The molecular formula is C14H18S. The summed E-state index contributed by atoms with van der Waals surface area (Å²) in [6.07, 6.45) is 9.31. The van der Waals surface area contributed by atoms with Gasteiger partial charge in [0.25, 0.3) is 0 Å². The quantitative estimate of drug-likeness (QED) is 0.667. The molecule has 1 aliphatic rings. The summed E-state index contributed by atoms with van der Waals surface area (Å²) in [7, 11) is -0.623. The number of hydrogen-bond acceptors (Lipinski definition) is 0. The molecule has 0 aromatic heterocycles. The molecule has 0 N–H and O–H groups in total. The minimum atomic E-state index is -0.623. The molecule has 0 saturated carbocycles. The summed E-state index contributed by atoms with van der Waals surface area (Å²) in [5, 5.41) is 4.75. The van der Waals surface area contributed by atoms with E-state index < -0.39 is 10.0 Å². The molecule has 15 heavy (non-hydrogen) atoms. The van der Waals surface area contributed by atoms with Crippen LogP contribution in [0.25, 0.3) is 0 Å². The smallest absolute Gasteiger partial charge is 0.0298 e. The molecule has 0 aliphatic carbocycles. The first kappa shape index (κ1) is 10.6. The lowest BCUT2D eigenvalue weighted by Gasteiger charge is -2.33. The topological polar surface area (TPSA) is 0 Å². The van der Waals surface area contributed by atoms with Gasteiger partial charge in [0.2, 0.25) is 0 Å². The predicted molar refractivity (Wildman–Crippen MR) is 71.5 cm³/mol. The van der Waals surface area contributed by atoms with E-state index in [-0.39, 0.29) is 5.41 Å². The number of benzene rings is 1. The summed E-state index contributed by atoms with van der Waals surface area (Å²) in [4.78, 5) is 0. The Balaban J connectivity index is 2.36. The zero-order valence-electron chi connectivity index (χ0n) is 9.60. The lowest BCUT2D eigenvalue weighted by molar-refractivity contribution is 0.758. The van der Waals surface area contributed by atoms with E-state index in [2.05, 4.69) is 72.7 Å². The summed E-state index contributed by atoms with van der Waals surface area (Å²) >= 11 is 0. The average Bonchev–Trinajstić information content (AvgIpc) is 2.24. The van der Waals surface area contributed by atoms with Crippen molar-refractivity contribution in [3.63, 3.8) is 0 Å². The molecule has 0 amide bonds. The van der Waals surface area contributed by atoms with Crippen LogP contribution >= 0.6 is 10.0 Å². The first-order chi connectivity index (χ1) is 7.02. The molecule has 1 aromatic rings. The van der Waals surface area contributed by atoms with Gasteiger partial charge in [0.1, 0.15) is 0 Å². The van der Waals surface area contributed by atoms with Gasteiger partial charge in [-0.15, -0.1) is 0 Å². The number of hydrogen-bond donors (Lipinski definition) is 0. The van der Waals surface area contributed by atoms with Crippen LogP contribution in [-0.4, -0.2) is 12.5 Å². The van der Waals surface area contributed by atoms with Gasteiger partial charge in [-0.2, -0.15) is 0 Å². The Bertz CT molecular complexity index is 383. The molecule has 0 atom stereocenters.